The topological polar surface area (TPSA) is 15.7 Å². The van der Waals surface area contributed by atoms with Crippen molar-refractivity contribution < 1.29 is 4.74 Å². The highest BCUT2D eigenvalue weighted by Crippen LogP contribution is 2.35. The summed E-state index contributed by atoms with van der Waals surface area (Å²) < 4.78 is 5.55. The van der Waals surface area contributed by atoms with Crippen molar-refractivity contribution in [2.75, 3.05) is 46.4 Å². The van der Waals surface area contributed by atoms with E-state index >= 15 is 0 Å². The smallest absolute Gasteiger partial charge is 0.0807 e. The predicted molar refractivity (Wildman–Crippen MR) is 78.4 cm³/mol. The molecule has 0 aromatic rings. The Kier molecular flexibility index (Phi) is 4.16. The minimum Gasteiger partial charge on any atom is -0.377 e. The Morgan fingerprint density at radius 2 is 1.74 bits per heavy atom. The lowest BCUT2D eigenvalue weighted by Gasteiger charge is -2.55. The first-order valence-electron chi connectivity index (χ1n) is 8.23. The summed E-state index contributed by atoms with van der Waals surface area (Å²) in [7, 11) is 2.25. The van der Waals surface area contributed by atoms with Crippen LogP contribution in [0, 0.1) is 11.8 Å². The normalized spacial score (nSPS) is 36.3. The van der Waals surface area contributed by atoms with Crippen molar-refractivity contribution in [3.05, 3.63) is 0 Å². The van der Waals surface area contributed by atoms with E-state index in [-0.39, 0.29) is 0 Å². The molecule has 0 atom stereocenters. The van der Waals surface area contributed by atoms with Crippen LogP contribution in [0.15, 0.2) is 0 Å². The van der Waals surface area contributed by atoms with Crippen molar-refractivity contribution in [1.29, 1.82) is 0 Å². The molecule has 19 heavy (non-hydrogen) atoms. The highest BCUT2D eigenvalue weighted by Gasteiger charge is 2.47. The van der Waals surface area contributed by atoms with Crippen LogP contribution in [0.2, 0.25) is 0 Å². The number of likely N-dealkylation sites (N-methyl/N-ethyl adjacent to an activating group) is 1. The number of rotatable bonds is 3. The van der Waals surface area contributed by atoms with E-state index in [0.29, 0.717) is 5.54 Å². The Hall–Kier alpha value is -0.120. The summed E-state index contributed by atoms with van der Waals surface area (Å²) in [5.74, 6) is 1.97. The van der Waals surface area contributed by atoms with Crippen LogP contribution in [0.1, 0.15) is 39.0 Å². The molecule has 0 radical (unpaired) electrons. The van der Waals surface area contributed by atoms with Gasteiger partial charge in [-0.3, -0.25) is 4.90 Å². The van der Waals surface area contributed by atoms with Crippen molar-refractivity contribution in [2.24, 2.45) is 11.8 Å². The third-order valence-corrected chi connectivity index (χ3v) is 5.75. The van der Waals surface area contributed by atoms with E-state index in [2.05, 4.69) is 23.8 Å². The van der Waals surface area contributed by atoms with Gasteiger partial charge in [-0.1, -0.05) is 26.2 Å². The lowest BCUT2D eigenvalue weighted by Crippen LogP contribution is -2.71. The zero-order chi connectivity index (χ0) is 13.3. The minimum atomic E-state index is 0.370. The van der Waals surface area contributed by atoms with Gasteiger partial charge in [0.2, 0.25) is 0 Å². The molecule has 3 nitrogen and oxygen atoms in total. The first-order valence-corrected chi connectivity index (χ1v) is 8.23. The van der Waals surface area contributed by atoms with Crippen molar-refractivity contribution in [1.82, 2.24) is 9.80 Å². The highest BCUT2D eigenvalue weighted by molar-refractivity contribution is 5.02. The van der Waals surface area contributed by atoms with Crippen molar-refractivity contribution in [3.8, 4) is 0 Å². The van der Waals surface area contributed by atoms with Crippen LogP contribution in [0.3, 0.4) is 0 Å². The van der Waals surface area contributed by atoms with Crippen molar-refractivity contribution in [2.45, 2.75) is 44.6 Å². The zero-order valence-electron chi connectivity index (χ0n) is 12.7. The quantitative estimate of drug-likeness (QED) is 0.779. The van der Waals surface area contributed by atoms with E-state index in [0.717, 1.165) is 25.0 Å². The lowest BCUT2D eigenvalue weighted by atomic mass is 9.79. The fraction of sp³-hybridized carbons (Fsp3) is 1.00. The molecule has 0 aromatic carbocycles. The average Bonchev–Trinajstić information content (AvgIpc) is 2.40. The van der Waals surface area contributed by atoms with E-state index < -0.39 is 0 Å². The first kappa shape index (κ1) is 13.8. The van der Waals surface area contributed by atoms with Gasteiger partial charge in [0.15, 0.2) is 0 Å². The molecule has 3 aliphatic rings. The molecule has 110 valence electrons. The molecule has 0 aromatic heterocycles. The van der Waals surface area contributed by atoms with Gasteiger partial charge in [-0.05, 0) is 31.7 Å². The molecule has 1 aliphatic carbocycles. The Morgan fingerprint density at radius 1 is 1.05 bits per heavy atom. The first-order chi connectivity index (χ1) is 9.22. The Labute approximate surface area is 118 Å². The van der Waals surface area contributed by atoms with Gasteiger partial charge in [0.1, 0.15) is 0 Å². The monoisotopic (exact) mass is 266 g/mol. The SMILES string of the molecule is CCC1CCC(CN2CCN(C)CC23COC3)CC1. The summed E-state index contributed by atoms with van der Waals surface area (Å²) in [4.78, 5) is 5.25. The van der Waals surface area contributed by atoms with Crippen molar-refractivity contribution in [3.63, 3.8) is 0 Å². The molecular weight excluding hydrogens is 236 g/mol. The molecule has 2 saturated heterocycles. The van der Waals surface area contributed by atoms with Gasteiger partial charge in [0.25, 0.3) is 0 Å². The summed E-state index contributed by atoms with van der Waals surface area (Å²) in [5.41, 5.74) is 0.370. The molecule has 0 amide bonds. The molecule has 0 bridgehead atoms. The average molecular weight is 266 g/mol. The van der Waals surface area contributed by atoms with Gasteiger partial charge >= 0.3 is 0 Å². The third kappa shape index (κ3) is 2.84. The van der Waals surface area contributed by atoms with Crippen LogP contribution in [-0.4, -0.2) is 61.8 Å². The predicted octanol–water partition coefficient (Wildman–Crippen LogP) is 2.22. The Morgan fingerprint density at radius 3 is 2.32 bits per heavy atom. The van der Waals surface area contributed by atoms with E-state index in [1.165, 1.54) is 58.3 Å². The van der Waals surface area contributed by atoms with Crippen LogP contribution >= 0.6 is 0 Å². The van der Waals surface area contributed by atoms with Gasteiger partial charge in [0, 0.05) is 26.2 Å². The standard InChI is InChI=1S/C16H30N2O/c1-3-14-4-6-15(7-5-14)10-18-9-8-17(2)11-16(18)12-19-13-16/h14-15H,3-13H2,1-2H3. The number of ether oxygens (including phenoxy) is 1. The molecule has 3 rings (SSSR count). The van der Waals surface area contributed by atoms with Gasteiger partial charge in [-0.15, -0.1) is 0 Å². The molecular formula is C16H30N2O. The van der Waals surface area contributed by atoms with Gasteiger partial charge < -0.3 is 9.64 Å². The lowest BCUT2D eigenvalue weighted by molar-refractivity contribution is -0.170. The Balaban J connectivity index is 1.54. The van der Waals surface area contributed by atoms with Gasteiger partial charge in [-0.2, -0.15) is 0 Å². The van der Waals surface area contributed by atoms with E-state index in [4.69, 9.17) is 4.74 Å². The molecule has 3 heteroatoms. The fourth-order valence-electron chi connectivity index (χ4n) is 4.24. The fourth-order valence-corrected chi connectivity index (χ4v) is 4.24. The second-order valence-electron chi connectivity index (χ2n) is 7.20. The zero-order valence-corrected chi connectivity index (χ0v) is 12.7. The summed E-state index contributed by atoms with van der Waals surface area (Å²) in [6.07, 6.45) is 7.25. The van der Waals surface area contributed by atoms with E-state index in [1.807, 2.05) is 0 Å². The van der Waals surface area contributed by atoms with Crippen LogP contribution in [0.25, 0.3) is 0 Å². The molecule has 1 spiro atoms. The number of hydrogen-bond donors (Lipinski definition) is 0. The second kappa shape index (κ2) is 5.71. The molecule has 3 fully saturated rings. The third-order valence-electron chi connectivity index (χ3n) is 5.75. The largest absolute Gasteiger partial charge is 0.377 e. The Bertz CT molecular complexity index is 295. The summed E-state index contributed by atoms with van der Waals surface area (Å²) >= 11 is 0. The number of piperazine rings is 1. The molecule has 2 heterocycles. The molecule has 2 aliphatic heterocycles. The highest BCUT2D eigenvalue weighted by atomic mass is 16.5. The van der Waals surface area contributed by atoms with Crippen LogP contribution in [-0.2, 0) is 4.74 Å². The van der Waals surface area contributed by atoms with Gasteiger partial charge in [-0.25, -0.2) is 0 Å². The maximum absolute atomic E-state index is 5.55. The van der Waals surface area contributed by atoms with E-state index in [9.17, 15) is 0 Å². The van der Waals surface area contributed by atoms with Crippen LogP contribution < -0.4 is 0 Å². The number of hydrogen-bond acceptors (Lipinski definition) is 3. The van der Waals surface area contributed by atoms with Gasteiger partial charge in [0.05, 0.1) is 18.8 Å². The molecule has 0 unspecified atom stereocenters. The molecule has 0 N–H and O–H groups in total. The second-order valence-corrected chi connectivity index (χ2v) is 7.20. The summed E-state index contributed by atoms with van der Waals surface area (Å²) in [6, 6.07) is 0. The molecule has 1 saturated carbocycles. The summed E-state index contributed by atoms with van der Waals surface area (Å²) in [5, 5.41) is 0. The minimum absolute atomic E-state index is 0.370. The van der Waals surface area contributed by atoms with Crippen LogP contribution in [0.5, 0.6) is 0 Å². The van der Waals surface area contributed by atoms with Crippen molar-refractivity contribution >= 4 is 0 Å². The number of nitrogens with zero attached hydrogens (tertiary/aromatic N) is 2. The maximum Gasteiger partial charge on any atom is 0.0807 e. The maximum atomic E-state index is 5.55. The summed E-state index contributed by atoms with van der Waals surface area (Å²) in [6.45, 7) is 9.28. The van der Waals surface area contributed by atoms with E-state index in [1.54, 1.807) is 0 Å². The van der Waals surface area contributed by atoms with Crippen LogP contribution in [0.4, 0.5) is 0 Å².